The highest BCUT2D eigenvalue weighted by atomic mass is 14.9. The number of allylic oxidation sites excluding steroid dienone is 2. The SMILES string of the molecule is C=CC=C(c1ccc(Nc2ccc(C)cc2)cc1)c1ccc(Nc2ccc(C)cc2)cc1. The Bertz CT molecular complexity index is 1110. The van der Waals surface area contributed by atoms with Crippen LogP contribution in [0.25, 0.3) is 5.57 Å². The molecule has 0 unspecified atom stereocenters. The topological polar surface area (TPSA) is 24.1 Å². The van der Waals surface area contributed by atoms with Crippen molar-refractivity contribution in [1.29, 1.82) is 0 Å². The van der Waals surface area contributed by atoms with Crippen LogP contribution in [0.3, 0.4) is 0 Å². The van der Waals surface area contributed by atoms with E-state index in [1.54, 1.807) is 0 Å². The van der Waals surface area contributed by atoms with E-state index >= 15 is 0 Å². The second kappa shape index (κ2) is 9.84. The lowest BCUT2D eigenvalue weighted by Gasteiger charge is -2.12. The van der Waals surface area contributed by atoms with Gasteiger partial charge in [0.25, 0.3) is 0 Å². The van der Waals surface area contributed by atoms with Crippen molar-refractivity contribution in [3.05, 3.63) is 138 Å². The summed E-state index contributed by atoms with van der Waals surface area (Å²) < 4.78 is 0. The van der Waals surface area contributed by atoms with Gasteiger partial charge in [0.1, 0.15) is 0 Å². The number of anilines is 4. The Morgan fingerprint density at radius 1 is 0.531 bits per heavy atom. The summed E-state index contributed by atoms with van der Waals surface area (Å²) in [4.78, 5) is 0. The predicted molar refractivity (Wildman–Crippen MR) is 139 cm³/mol. The molecule has 2 heteroatoms. The molecule has 2 nitrogen and oxygen atoms in total. The van der Waals surface area contributed by atoms with Crippen LogP contribution < -0.4 is 10.6 Å². The van der Waals surface area contributed by atoms with Crippen molar-refractivity contribution < 1.29 is 0 Å². The highest BCUT2D eigenvalue weighted by molar-refractivity contribution is 5.82. The Labute approximate surface area is 191 Å². The van der Waals surface area contributed by atoms with Crippen molar-refractivity contribution in [1.82, 2.24) is 0 Å². The summed E-state index contributed by atoms with van der Waals surface area (Å²) in [7, 11) is 0. The lowest BCUT2D eigenvalue weighted by molar-refractivity contribution is 1.45. The van der Waals surface area contributed by atoms with Gasteiger partial charge in [-0.2, -0.15) is 0 Å². The highest BCUT2D eigenvalue weighted by Gasteiger charge is 2.06. The fraction of sp³-hybridized carbons (Fsp3) is 0.0667. The Morgan fingerprint density at radius 2 is 0.844 bits per heavy atom. The first-order valence-corrected chi connectivity index (χ1v) is 10.8. The molecule has 0 heterocycles. The van der Waals surface area contributed by atoms with E-state index in [0.717, 1.165) is 39.4 Å². The third kappa shape index (κ3) is 5.35. The van der Waals surface area contributed by atoms with Gasteiger partial charge >= 0.3 is 0 Å². The molecule has 2 N–H and O–H groups in total. The van der Waals surface area contributed by atoms with Crippen molar-refractivity contribution in [3.8, 4) is 0 Å². The summed E-state index contributed by atoms with van der Waals surface area (Å²) in [6, 6.07) is 33.8. The van der Waals surface area contributed by atoms with E-state index in [0.29, 0.717) is 0 Å². The second-order valence-electron chi connectivity index (χ2n) is 7.95. The normalized spacial score (nSPS) is 10.3. The minimum absolute atomic E-state index is 1.06. The number of benzene rings is 4. The van der Waals surface area contributed by atoms with Crippen molar-refractivity contribution >= 4 is 28.3 Å². The number of aryl methyl sites for hydroxylation is 2. The Morgan fingerprint density at radius 3 is 1.16 bits per heavy atom. The maximum Gasteiger partial charge on any atom is 0.0384 e. The van der Waals surface area contributed by atoms with E-state index in [9.17, 15) is 0 Å². The smallest absolute Gasteiger partial charge is 0.0384 e. The summed E-state index contributed by atoms with van der Waals surface area (Å²) in [5.74, 6) is 0. The summed E-state index contributed by atoms with van der Waals surface area (Å²) in [6.45, 7) is 8.10. The van der Waals surface area contributed by atoms with E-state index in [-0.39, 0.29) is 0 Å². The van der Waals surface area contributed by atoms with Gasteiger partial charge in [0, 0.05) is 22.7 Å². The summed E-state index contributed by atoms with van der Waals surface area (Å²) >= 11 is 0. The van der Waals surface area contributed by atoms with Crippen LogP contribution >= 0.6 is 0 Å². The molecule has 0 aliphatic carbocycles. The van der Waals surface area contributed by atoms with Crippen LogP contribution in [-0.2, 0) is 0 Å². The molecule has 4 aromatic rings. The van der Waals surface area contributed by atoms with Crippen LogP contribution in [0, 0.1) is 13.8 Å². The Hall–Kier alpha value is -4.04. The number of nitrogens with one attached hydrogen (secondary N) is 2. The quantitative estimate of drug-likeness (QED) is 0.295. The summed E-state index contributed by atoms with van der Waals surface area (Å²) in [6.07, 6.45) is 3.90. The molecule has 0 aromatic heterocycles. The van der Waals surface area contributed by atoms with Crippen molar-refractivity contribution in [3.63, 3.8) is 0 Å². The molecule has 4 aromatic carbocycles. The molecule has 4 rings (SSSR count). The van der Waals surface area contributed by atoms with Crippen LogP contribution in [0.15, 0.2) is 116 Å². The predicted octanol–water partition coefficient (Wildman–Crippen LogP) is 8.41. The fourth-order valence-electron chi connectivity index (χ4n) is 3.55. The van der Waals surface area contributed by atoms with Gasteiger partial charge in [-0.25, -0.2) is 0 Å². The number of hydrogen-bond acceptors (Lipinski definition) is 2. The van der Waals surface area contributed by atoms with E-state index < -0.39 is 0 Å². The van der Waals surface area contributed by atoms with Crippen LogP contribution in [0.1, 0.15) is 22.3 Å². The van der Waals surface area contributed by atoms with Gasteiger partial charge in [0.05, 0.1) is 0 Å². The lowest BCUT2D eigenvalue weighted by atomic mass is 9.97. The van der Waals surface area contributed by atoms with E-state index in [2.05, 4.69) is 134 Å². The standard InChI is InChI=1S/C30H28N2/c1-4-5-30(24-10-18-28(19-11-24)31-26-14-6-22(2)7-15-26)25-12-20-29(21-13-25)32-27-16-8-23(3)9-17-27/h4-21,31-32H,1H2,2-3H3. The molecular weight excluding hydrogens is 388 g/mol. The van der Waals surface area contributed by atoms with E-state index in [4.69, 9.17) is 0 Å². The van der Waals surface area contributed by atoms with Crippen molar-refractivity contribution in [2.24, 2.45) is 0 Å². The van der Waals surface area contributed by atoms with Crippen LogP contribution in [0.5, 0.6) is 0 Å². The molecule has 0 saturated heterocycles. The monoisotopic (exact) mass is 416 g/mol. The largest absolute Gasteiger partial charge is 0.356 e. The zero-order chi connectivity index (χ0) is 22.3. The molecule has 0 atom stereocenters. The van der Waals surface area contributed by atoms with E-state index in [1.807, 2.05) is 6.08 Å². The van der Waals surface area contributed by atoms with Crippen molar-refractivity contribution in [2.75, 3.05) is 10.6 Å². The molecule has 32 heavy (non-hydrogen) atoms. The maximum absolute atomic E-state index is 3.91. The number of rotatable bonds is 7. The number of hydrogen-bond donors (Lipinski definition) is 2. The molecule has 0 saturated carbocycles. The first-order chi connectivity index (χ1) is 15.6. The fourth-order valence-corrected chi connectivity index (χ4v) is 3.55. The van der Waals surface area contributed by atoms with Crippen LogP contribution in [0.4, 0.5) is 22.7 Å². The molecule has 0 spiro atoms. The van der Waals surface area contributed by atoms with Gasteiger partial charge in [-0.05, 0) is 79.1 Å². The Kier molecular flexibility index (Phi) is 6.52. The van der Waals surface area contributed by atoms with Gasteiger partial charge in [-0.15, -0.1) is 0 Å². The molecular formula is C30H28N2. The summed E-state index contributed by atoms with van der Waals surface area (Å²) in [5.41, 5.74) is 10.3. The minimum Gasteiger partial charge on any atom is -0.356 e. The average molecular weight is 417 g/mol. The second-order valence-corrected chi connectivity index (χ2v) is 7.95. The zero-order valence-corrected chi connectivity index (χ0v) is 18.6. The van der Waals surface area contributed by atoms with Crippen molar-refractivity contribution in [2.45, 2.75) is 13.8 Å². The van der Waals surface area contributed by atoms with Crippen LogP contribution in [0.2, 0.25) is 0 Å². The Balaban J connectivity index is 1.50. The van der Waals surface area contributed by atoms with Gasteiger partial charge < -0.3 is 10.6 Å². The van der Waals surface area contributed by atoms with Gasteiger partial charge in [0.2, 0.25) is 0 Å². The molecule has 0 amide bonds. The first-order valence-electron chi connectivity index (χ1n) is 10.8. The maximum atomic E-state index is 3.91. The van der Waals surface area contributed by atoms with Gasteiger partial charge in [-0.3, -0.25) is 0 Å². The van der Waals surface area contributed by atoms with Gasteiger partial charge in [0.15, 0.2) is 0 Å². The highest BCUT2D eigenvalue weighted by Crippen LogP contribution is 2.28. The third-order valence-corrected chi connectivity index (χ3v) is 5.36. The molecule has 0 bridgehead atoms. The minimum atomic E-state index is 1.06. The molecule has 0 radical (unpaired) electrons. The van der Waals surface area contributed by atoms with Crippen LogP contribution in [-0.4, -0.2) is 0 Å². The molecule has 0 aliphatic heterocycles. The molecule has 0 aliphatic rings. The summed E-state index contributed by atoms with van der Waals surface area (Å²) in [5, 5.41) is 6.91. The van der Waals surface area contributed by atoms with Gasteiger partial charge in [-0.1, -0.05) is 78.4 Å². The zero-order valence-electron chi connectivity index (χ0n) is 18.6. The molecule has 158 valence electrons. The first kappa shape index (κ1) is 21.2. The third-order valence-electron chi connectivity index (χ3n) is 5.36. The van der Waals surface area contributed by atoms with E-state index in [1.165, 1.54) is 11.1 Å². The molecule has 0 fully saturated rings. The lowest BCUT2D eigenvalue weighted by Crippen LogP contribution is -1.93. The average Bonchev–Trinajstić information content (AvgIpc) is 2.82.